The largest absolute Gasteiger partial charge is 0.271 e. The third-order valence-electron chi connectivity index (χ3n) is 2.97. The first-order valence-electron chi connectivity index (χ1n) is 5.86. The summed E-state index contributed by atoms with van der Waals surface area (Å²) < 4.78 is 28.6. The molecule has 0 saturated heterocycles. The molecule has 1 atom stereocenters. The van der Waals surface area contributed by atoms with E-state index in [-0.39, 0.29) is 11.6 Å². The van der Waals surface area contributed by atoms with Crippen LogP contribution in [0.4, 0.5) is 8.78 Å². The predicted molar refractivity (Wildman–Crippen MR) is 82.0 cm³/mol. The zero-order valence-electron chi connectivity index (χ0n) is 10.3. The minimum Gasteiger partial charge on any atom is -0.271 e. The Morgan fingerprint density at radius 3 is 2.55 bits per heavy atom. The van der Waals surface area contributed by atoms with Crippen LogP contribution in [0.3, 0.4) is 0 Å². The van der Waals surface area contributed by atoms with Crippen LogP contribution in [0.1, 0.15) is 17.2 Å². The molecule has 2 aromatic carbocycles. The van der Waals surface area contributed by atoms with E-state index in [2.05, 4.69) is 37.3 Å². The molecule has 2 rings (SSSR count). The average molecular weight is 406 g/mol. The first-order valence-corrected chi connectivity index (χ1v) is 7.45. The van der Waals surface area contributed by atoms with Gasteiger partial charge in [-0.2, -0.15) is 0 Å². The number of hydrogen-bond donors (Lipinski definition) is 2. The SMILES string of the molecule is NNC(Cc1cc(Br)ccc1F)c1cc(F)ccc1Br. The molecule has 0 spiro atoms. The van der Waals surface area contributed by atoms with Gasteiger partial charge in [-0.15, -0.1) is 0 Å². The Kier molecular flexibility index (Phi) is 5.26. The molecule has 2 nitrogen and oxygen atoms in total. The molecule has 2 aromatic rings. The standard InChI is InChI=1S/C14H12Br2F2N2/c15-9-1-4-13(18)8(5-9)6-14(20-19)11-7-10(17)2-3-12(11)16/h1-5,7,14,20H,6,19H2. The summed E-state index contributed by atoms with van der Waals surface area (Å²) in [6, 6.07) is 8.63. The molecular formula is C14H12Br2F2N2. The number of rotatable bonds is 4. The van der Waals surface area contributed by atoms with E-state index < -0.39 is 6.04 Å². The average Bonchev–Trinajstić information content (AvgIpc) is 2.42. The van der Waals surface area contributed by atoms with E-state index >= 15 is 0 Å². The van der Waals surface area contributed by atoms with Crippen molar-refractivity contribution in [1.82, 2.24) is 5.43 Å². The van der Waals surface area contributed by atoms with Gasteiger partial charge >= 0.3 is 0 Å². The second-order valence-electron chi connectivity index (χ2n) is 4.32. The third-order valence-corrected chi connectivity index (χ3v) is 4.18. The van der Waals surface area contributed by atoms with E-state index in [1.54, 1.807) is 18.2 Å². The van der Waals surface area contributed by atoms with Crippen molar-refractivity contribution in [2.45, 2.75) is 12.5 Å². The smallest absolute Gasteiger partial charge is 0.126 e. The summed E-state index contributed by atoms with van der Waals surface area (Å²) >= 11 is 6.66. The van der Waals surface area contributed by atoms with Gasteiger partial charge in [-0.05, 0) is 53.9 Å². The van der Waals surface area contributed by atoms with E-state index in [9.17, 15) is 8.78 Å². The van der Waals surface area contributed by atoms with Crippen molar-refractivity contribution in [2.24, 2.45) is 5.84 Å². The number of nitrogens with two attached hydrogens (primary N) is 1. The van der Waals surface area contributed by atoms with Crippen LogP contribution in [0.15, 0.2) is 45.3 Å². The number of halogens is 4. The molecule has 20 heavy (non-hydrogen) atoms. The van der Waals surface area contributed by atoms with Crippen LogP contribution in [0.2, 0.25) is 0 Å². The van der Waals surface area contributed by atoms with E-state index in [4.69, 9.17) is 5.84 Å². The van der Waals surface area contributed by atoms with Crippen molar-refractivity contribution in [3.8, 4) is 0 Å². The summed E-state index contributed by atoms with van der Waals surface area (Å²) in [5.74, 6) is 4.85. The number of hydrogen-bond acceptors (Lipinski definition) is 2. The highest BCUT2D eigenvalue weighted by atomic mass is 79.9. The van der Waals surface area contributed by atoms with E-state index in [0.717, 1.165) is 8.95 Å². The summed E-state index contributed by atoms with van der Waals surface area (Å²) in [7, 11) is 0. The maximum Gasteiger partial charge on any atom is 0.126 e. The van der Waals surface area contributed by atoms with E-state index in [0.29, 0.717) is 17.5 Å². The van der Waals surface area contributed by atoms with Crippen LogP contribution in [-0.4, -0.2) is 0 Å². The summed E-state index contributed by atoms with van der Waals surface area (Å²) in [4.78, 5) is 0. The fourth-order valence-electron chi connectivity index (χ4n) is 1.96. The van der Waals surface area contributed by atoms with Gasteiger partial charge in [-0.1, -0.05) is 31.9 Å². The lowest BCUT2D eigenvalue weighted by Gasteiger charge is -2.18. The topological polar surface area (TPSA) is 38.0 Å². The monoisotopic (exact) mass is 404 g/mol. The molecule has 106 valence electrons. The summed E-state index contributed by atoms with van der Waals surface area (Å²) in [6.07, 6.45) is 0.309. The Hall–Kier alpha value is -0.820. The quantitative estimate of drug-likeness (QED) is 0.589. The predicted octanol–water partition coefficient (Wildman–Crippen LogP) is 4.24. The van der Waals surface area contributed by atoms with Crippen molar-refractivity contribution < 1.29 is 8.78 Å². The van der Waals surface area contributed by atoms with Gasteiger partial charge in [0.25, 0.3) is 0 Å². The van der Waals surface area contributed by atoms with Gasteiger partial charge in [0.15, 0.2) is 0 Å². The van der Waals surface area contributed by atoms with Crippen molar-refractivity contribution in [1.29, 1.82) is 0 Å². The molecule has 1 unspecified atom stereocenters. The van der Waals surface area contributed by atoms with Gasteiger partial charge in [0.2, 0.25) is 0 Å². The Balaban J connectivity index is 2.33. The molecule has 0 heterocycles. The van der Waals surface area contributed by atoms with Crippen LogP contribution < -0.4 is 11.3 Å². The van der Waals surface area contributed by atoms with Crippen molar-refractivity contribution in [3.05, 3.63) is 68.1 Å². The van der Waals surface area contributed by atoms with Crippen LogP contribution in [0, 0.1) is 11.6 Å². The number of benzene rings is 2. The fraction of sp³-hybridized carbons (Fsp3) is 0.143. The van der Waals surface area contributed by atoms with Crippen molar-refractivity contribution in [3.63, 3.8) is 0 Å². The highest BCUT2D eigenvalue weighted by Crippen LogP contribution is 2.28. The lowest BCUT2D eigenvalue weighted by molar-refractivity contribution is 0.523. The second kappa shape index (κ2) is 6.76. The van der Waals surface area contributed by atoms with Crippen molar-refractivity contribution in [2.75, 3.05) is 0 Å². The molecule has 0 amide bonds. The number of nitrogens with one attached hydrogen (secondary N) is 1. The molecule has 6 heteroatoms. The zero-order valence-corrected chi connectivity index (χ0v) is 13.5. The van der Waals surface area contributed by atoms with Gasteiger partial charge < -0.3 is 0 Å². The number of hydrazine groups is 1. The zero-order chi connectivity index (χ0) is 14.7. The molecule has 0 fully saturated rings. The normalized spacial score (nSPS) is 12.4. The summed E-state index contributed by atoms with van der Waals surface area (Å²) in [6.45, 7) is 0. The fourth-order valence-corrected chi connectivity index (χ4v) is 2.89. The summed E-state index contributed by atoms with van der Waals surface area (Å²) in [5, 5.41) is 0. The molecule has 0 saturated carbocycles. The second-order valence-corrected chi connectivity index (χ2v) is 6.09. The van der Waals surface area contributed by atoms with Gasteiger partial charge in [0.05, 0.1) is 6.04 Å². The highest BCUT2D eigenvalue weighted by Gasteiger charge is 2.17. The third kappa shape index (κ3) is 3.63. The molecule has 0 aliphatic carbocycles. The lowest BCUT2D eigenvalue weighted by atomic mass is 9.99. The van der Waals surface area contributed by atoms with Crippen molar-refractivity contribution >= 4 is 31.9 Å². The Bertz CT molecular complexity index is 620. The molecule has 0 bridgehead atoms. The van der Waals surface area contributed by atoms with Crippen LogP contribution in [0.5, 0.6) is 0 Å². The van der Waals surface area contributed by atoms with Gasteiger partial charge in [0, 0.05) is 8.95 Å². The van der Waals surface area contributed by atoms with E-state index in [1.807, 2.05) is 0 Å². The van der Waals surface area contributed by atoms with Gasteiger partial charge in [-0.3, -0.25) is 11.3 Å². The molecule has 0 radical (unpaired) electrons. The molecular weight excluding hydrogens is 394 g/mol. The first kappa shape index (κ1) is 15.6. The maximum atomic E-state index is 13.8. The first-order chi connectivity index (χ1) is 9.51. The molecule has 0 aromatic heterocycles. The Morgan fingerprint density at radius 1 is 1.10 bits per heavy atom. The van der Waals surface area contributed by atoms with Crippen LogP contribution in [0.25, 0.3) is 0 Å². The van der Waals surface area contributed by atoms with Gasteiger partial charge in [-0.25, -0.2) is 8.78 Å². The maximum absolute atomic E-state index is 13.8. The molecule has 0 aliphatic rings. The lowest BCUT2D eigenvalue weighted by Crippen LogP contribution is -2.30. The minimum atomic E-state index is -0.399. The summed E-state index contributed by atoms with van der Waals surface area (Å²) in [5.41, 5.74) is 3.75. The van der Waals surface area contributed by atoms with Gasteiger partial charge in [0.1, 0.15) is 11.6 Å². The molecule has 0 aliphatic heterocycles. The Morgan fingerprint density at radius 2 is 1.85 bits per heavy atom. The van der Waals surface area contributed by atoms with Crippen LogP contribution >= 0.6 is 31.9 Å². The Labute approximate surface area is 132 Å². The highest BCUT2D eigenvalue weighted by molar-refractivity contribution is 9.10. The van der Waals surface area contributed by atoms with Crippen LogP contribution in [-0.2, 0) is 6.42 Å². The minimum absolute atomic E-state index is 0.309. The van der Waals surface area contributed by atoms with E-state index in [1.165, 1.54) is 18.2 Å². The molecule has 3 N–H and O–H groups in total.